The van der Waals surface area contributed by atoms with Crippen molar-refractivity contribution in [2.75, 3.05) is 7.11 Å². The molecule has 0 aromatic carbocycles. The molecule has 1 aliphatic carbocycles. The maximum absolute atomic E-state index is 11.5. The van der Waals surface area contributed by atoms with Crippen LogP contribution in [0.3, 0.4) is 0 Å². The maximum Gasteiger partial charge on any atom is 0.220 e. The van der Waals surface area contributed by atoms with Gasteiger partial charge < -0.3 is 15.8 Å². The average Bonchev–Trinajstić information content (AvgIpc) is 2.06. The van der Waals surface area contributed by atoms with Gasteiger partial charge in [0.25, 0.3) is 0 Å². The van der Waals surface area contributed by atoms with Crippen molar-refractivity contribution in [1.29, 1.82) is 0 Å². The van der Waals surface area contributed by atoms with Gasteiger partial charge in [-0.05, 0) is 33.1 Å². The third kappa shape index (κ3) is 4.62. The molecule has 0 spiro atoms. The molecule has 1 fully saturated rings. The first-order chi connectivity index (χ1) is 6.90. The minimum Gasteiger partial charge on any atom is -0.381 e. The van der Waals surface area contributed by atoms with E-state index in [0.29, 0.717) is 18.6 Å². The lowest BCUT2D eigenvalue weighted by Crippen LogP contribution is -2.47. The quantitative estimate of drug-likeness (QED) is 0.711. The van der Waals surface area contributed by atoms with Gasteiger partial charge in [0.05, 0.1) is 6.10 Å². The summed E-state index contributed by atoms with van der Waals surface area (Å²) in [6.07, 6.45) is 3.45. The number of carbonyl (C=O) groups is 1. The Kier molecular flexibility index (Phi) is 4.11. The number of carbonyl (C=O) groups excluding carboxylic acids is 1. The molecule has 0 saturated heterocycles. The number of hydrogen-bond acceptors (Lipinski definition) is 3. The molecule has 88 valence electrons. The molecular formula is C11H22N2O2. The molecule has 1 saturated carbocycles. The van der Waals surface area contributed by atoms with Crippen molar-refractivity contribution in [2.45, 2.75) is 57.2 Å². The van der Waals surface area contributed by atoms with Crippen molar-refractivity contribution >= 4 is 5.91 Å². The van der Waals surface area contributed by atoms with E-state index in [-0.39, 0.29) is 11.4 Å². The molecule has 4 heteroatoms. The van der Waals surface area contributed by atoms with Gasteiger partial charge in [0.2, 0.25) is 5.91 Å². The van der Waals surface area contributed by atoms with Gasteiger partial charge in [0.15, 0.2) is 0 Å². The van der Waals surface area contributed by atoms with E-state index in [1.807, 2.05) is 13.8 Å². The van der Waals surface area contributed by atoms with Crippen molar-refractivity contribution in [2.24, 2.45) is 5.73 Å². The zero-order valence-corrected chi connectivity index (χ0v) is 9.88. The van der Waals surface area contributed by atoms with Crippen LogP contribution >= 0.6 is 0 Å². The van der Waals surface area contributed by atoms with Gasteiger partial charge in [0.1, 0.15) is 0 Å². The fourth-order valence-corrected chi connectivity index (χ4v) is 1.61. The SMILES string of the molecule is COC1CC(NC(=O)CCC(C)(C)N)C1. The summed E-state index contributed by atoms with van der Waals surface area (Å²) in [5.41, 5.74) is 5.55. The van der Waals surface area contributed by atoms with Crippen molar-refractivity contribution in [3.05, 3.63) is 0 Å². The Morgan fingerprint density at radius 3 is 2.60 bits per heavy atom. The first kappa shape index (κ1) is 12.5. The van der Waals surface area contributed by atoms with E-state index >= 15 is 0 Å². The summed E-state index contributed by atoms with van der Waals surface area (Å²) >= 11 is 0. The molecule has 4 nitrogen and oxygen atoms in total. The van der Waals surface area contributed by atoms with E-state index in [4.69, 9.17) is 10.5 Å². The number of methoxy groups -OCH3 is 1. The molecule has 0 unspecified atom stereocenters. The highest BCUT2D eigenvalue weighted by molar-refractivity contribution is 5.76. The third-order valence-corrected chi connectivity index (χ3v) is 2.79. The second-order valence-electron chi connectivity index (χ2n) is 5.08. The van der Waals surface area contributed by atoms with Crippen molar-refractivity contribution < 1.29 is 9.53 Å². The number of amides is 1. The minimum atomic E-state index is -0.258. The highest BCUT2D eigenvalue weighted by atomic mass is 16.5. The average molecular weight is 214 g/mol. The largest absolute Gasteiger partial charge is 0.381 e. The lowest BCUT2D eigenvalue weighted by Gasteiger charge is -2.34. The molecule has 0 atom stereocenters. The van der Waals surface area contributed by atoms with Gasteiger partial charge in [-0.2, -0.15) is 0 Å². The van der Waals surface area contributed by atoms with Gasteiger partial charge >= 0.3 is 0 Å². The van der Waals surface area contributed by atoms with Crippen LogP contribution in [0.1, 0.15) is 39.5 Å². The highest BCUT2D eigenvalue weighted by Gasteiger charge is 2.30. The van der Waals surface area contributed by atoms with Gasteiger partial charge in [0, 0.05) is 25.1 Å². The second-order valence-corrected chi connectivity index (χ2v) is 5.08. The number of nitrogens with two attached hydrogens (primary N) is 1. The molecule has 0 heterocycles. The van der Waals surface area contributed by atoms with Crippen molar-refractivity contribution in [3.63, 3.8) is 0 Å². The number of nitrogens with one attached hydrogen (secondary N) is 1. The Balaban J connectivity index is 2.10. The predicted molar refractivity (Wildman–Crippen MR) is 59.5 cm³/mol. The molecule has 15 heavy (non-hydrogen) atoms. The zero-order valence-electron chi connectivity index (χ0n) is 9.88. The molecule has 0 aliphatic heterocycles. The summed E-state index contributed by atoms with van der Waals surface area (Å²) in [5, 5.41) is 2.98. The topological polar surface area (TPSA) is 64.3 Å². The summed E-state index contributed by atoms with van der Waals surface area (Å²) in [7, 11) is 1.71. The molecule has 0 aromatic heterocycles. The third-order valence-electron chi connectivity index (χ3n) is 2.79. The molecule has 1 amide bonds. The molecule has 1 aliphatic rings. The number of ether oxygens (including phenoxy) is 1. The zero-order chi connectivity index (χ0) is 11.5. The monoisotopic (exact) mass is 214 g/mol. The van der Waals surface area contributed by atoms with Crippen molar-refractivity contribution in [1.82, 2.24) is 5.32 Å². The molecule has 1 rings (SSSR count). The van der Waals surface area contributed by atoms with Gasteiger partial charge in [-0.15, -0.1) is 0 Å². The Morgan fingerprint density at radius 1 is 1.53 bits per heavy atom. The first-order valence-corrected chi connectivity index (χ1v) is 5.52. The Hall–Kier alpha value is -0.610. The maximum atomic E-state index is 11.5. The minimum absolute atomic E-state index is 0.105. The van der Waals surface area contributed by atoms with Crippen LogP contribution in [0.4, 0.5) is 0 Å². The Labute approximate surface area is 91.5 Å². The van der Waals surface area contributed by atoms with Gasteiger partial charge in [-0.3, -0.25) is 4.79 Å². The van der Waals surface area contributed by atoms with Gasteiger partial charge in [-0.1, -0.05) is 0 Å². The fourth-order valence-electron chi connectivity index (χ4n) is 1.61. The molecular weight excluding hydrogens is 192 g/mol. The van der Waals surface area contributed by atoms with Crippen LogP contribution < -0.4 is 11.1 Å². The van der Waals surface area contributed by atoms with Crippen LogP contribution in [-0.2, 0) is 9.53 Å². The number of hydrogen-bond donors (Lipinski definition) is 2. The second kappa shape index (κ2) is 4.94. The summed E-state index contributed by atoms with van der Waals surface area (Å²) in [5.74, 6) is 0.105. The normalized spacial score (nSPS) is 25.9. The summed E-state index contributed by atoms with van der Waals surface area (Å²) in [6, 6.07) is 0.309. The lowest BCUT2D eigenvalue weighted by atomic mass is 9.89. The summed E-state index contributed by atoms with van der Waals surface area (Å²) in [4.78, 5) is 11.5. The van der Waals surface area contributed by atoms with E-state index in [1.54, 1.807) is 7.11 Å². The predicted octanol–water partition coefficient (Wildman–Crippen LogP) is 0.797. The first-order valence-electron chi connectivity index (χ1n) is 5.52. The fraction of sp³-hybridized carbons (Fsp3) is 0.909. The van der Waals surface area contributed by atoms with Crippen molar-refractivity contribution in [3.8, 4) is 0 Å². The van der Waals surface area contributed by atoms with E-state index in [0.717, 1.165) is 19.3 Å². The van der Waals surface area contributed by atoms with E-state index < -0.39 is 0 Å². The van der Waals surface area contributed by atoms with Crippen LogP contribution in [0.2, 0.25) is 0 Å². The number of rotatable bonds is 5. The van der Waals surface area contributed by atoms with E-state index in [2.05, 4.69) is 5.32 Å². The van der Waals surface area contributed by atoms with Gasteiger partial charge in [-0.25, -0.2) is 0 Å². The highest BCUT2D eigenvalue weighted by Crippen LogP contribution is 2.22. The Bertz CT molecular complexity index is 217. The molecule has 0 bridgehead atoms. The van der Waals surface area contributed by atoms with Crippen LogP contribution in [0.15, 0.2) is 0 Å². The molecule has 0 radical (unpaired) electrons. The lowest BCUT2D eigenvalue weighted by molar-refractivity contribution is -0.123. The van der Waals surface area contributed by atoms with E-state index in [1.165, 1.54) is 0 Å². The standard InChI is InChI=1S/C11H22N2O2/c1-11(2,12)5-4-10(14)13-8-6-9(7-8)15-3/h8-9H,4-7,12H2,1-3H3,(H,13,14). The van der Waals surface area contributed by atoms with Crippen LogP contribution in [0.25, 0.3) is 0 Å². The molecule has 0 aromatic rings. The Morgan fingerprint density at radius 2 is 2.13 bits per heavy atom. The van der Waals surface area contributed by atoms with Crippen LogP contribution in [0.5, 0.6) is 0 Å². The smallest absolute Gasteiger partial charge is 0.220 e. The van der Waals surface area contributed by atoms with Crippen LogP contribution in [-0.4, -0.2) is 30.7 Å². The molecule has 3 N–H and O–H groups in total. The van der Waals surface area contributed by atoms with E-state index in [9.17, 15) is 4.79 Å². The van der Waals surface area contributed by atoms with Crippen LogP contribution in [0, 0.1) is 0 Å². The summed E-state index contributed by atoms with van der Waals surface area (Å²) < 4.78 is 5.14. The summed E-state index contributed by atoms with van der Waals surface area (Å²) in [6.45, 7) is 3.87.